The summed E-state index contributed by atoms with van der Waals surface area (Å²) in [5.41, 5.74) is 1.75. The van der Waals surface area contributed by atoms with Crippen molar-refractivity contribution >= 4 is 0 Å². The summed E-state index contributed by atoms with van der Waals surface area (Å²) >= 11 is 0. The summed E-state index contributed by atoms with van der Waals surface area (Å²) in [6.07, 6.45) is 5.35. The molecule has 0 aromatic carbocycles. The van der Waals surface area contributed by atoms with E-state index >= 15 is 0 Å². The van der Waals surface area contributed by atoms with E-state index in [1.54, 1.807) is 5.57 Å². The van der Waals surface area contributed by atoms with Gasteiger partial charge in [0.15, 0.2) is 0 Å². The molecule has 0 fully saturated rings. The lowest BCUT2D eigenvalue weighted by Gasteiger charge is -2.41. The highest BCUT2D eigenvalue weighted by atomic mass is 14.4. The molecule has 0 nitrogen and oxygen atoms in total. The van der Waals surface area contributed by atoms with Crippen molar-refractivity contribution in [2.24, 2.45) is 35.5 Å². The van der Waals surface area contributed by atoms with Crippen LogP contribution in [0.4, 0.5) is 0 Å². The Morgan fingerprint density at radius 3 is 2.00 bits per heavy atom. The molecule has 0 heteroatoms. The van der Waals surface area contributed by atoms with Crippen LogP contribution >= 0.6 is 0 Å². The zero-order valence-electron chi connectivity index (χ0n) is 13.0. The van der Waals surface area contributed by atoms with Gasteiger partial charge in [-0.15, -0.1) is 0 Å². The van der Waals surface area contributed by atoms with Crippen molar-refractivity contribution in [1.82, 2.24) is 0 Å². The van der Waals surface area contributed by atoms with Gasteiger partial charge in [0, 0.05) is 0 Å². The van der Waals surface area contributed by atoms with Gasteiger partial charge in [0.05, 0.1) is 0 Å². The largest absolute Gasteiger partial charge is 0.0814 e. The summed E-state index contributed by atoms with van der Waals surface area (Å²) < 4.78 is 0. The van der Waals surface area contributed by atoms with Crippen LogP contribution in [0, 0.1) is 35.5 Å². The zero-order chi connectivity index (χ0) is 13.2. The van der Waals surface area contributed by atoms with Crippen LogP contribution in [0.15, 0.2) is 11.6 Å². The smallest absolute Gasteiger partial charge is 0.0172 e. The summed E-state index contributed by atoms with van der Waals surface area (Å²) in [5, 5.41) is 0. The van der Waals surface area contributed by atoms with Gasteiger partial charge < -0.3 is 0 Å². The molecule has 3 atom stereocenters. The van der Waals surface area contributed by atoms with Crippen molar-refractivity contribution in [2.45, 2.75) is 61.3 Å². The lowest BCUT2D eigenvalue weighted by molar-refractivity contribution is 0.189. The van der Waals surface area contributed by atoms with E-state index in [1.807, 2.05) is 0 Å². The molecule has 1 aliphatic rings. The van der Waals surface area contributed by atoms with Crippen LogP contribution in [0.25, 0.3) is 0 Å². The van der Waals surface area contributed by atoms with Gasteiger partial charge in [-0.05, 0) is 48.3 Å². The third-order valence-corrected chi connectivity index (χ3v) is 4.71. The summed E-state index contributed by atoms with van der Waals surface area (Å²) in [5.74, 6) is 4.89. The van der Waals surface area contributed by atoms with E-state index in [4.69, 9.17) is 0 Å². The second kappa shape index (κ2) is 6.07. The predicted molar refractivity (Wildman–Crippen MR) is 78.0 cm³/mol. The first-order chi connectivity index (χ1) is 7.88. The van der Waals surface area contributed by atoms with Crippen LogP contribution in [0.3, 0.4) is 0 Å². The average molecular weight is 236 g/mol. The molecule has 1 aliphatic carbocycles. The van der Waals surface area contributed by atoms with Gasteiger partial charge in [0.1, 0.15) is 0 Å². The SMILES string of the molecule is CCC1C(C(C)C)=CC(C(C)C)CC1C(C)C. The highest BCUT2D eigenvalue weighted by molar-refractivity contribution is 5.17. The van der Waals surface area contributed by atoms with E-state index in [-0.39, 0.29) is 0 Å². The van der Waals surface area contributed by atoms with Crippen molar-refractivity contribution in [2.75, 3.05) is 0 Å². The van der Waals surface area contributed by atoms with Crippen molar-refractivity contribution in [3.05, 3.63) is 11.6 Å². The maximum Gasteiger partial charge on any atom is -0.0172 e. The minimum atomic E-state index is 0.725. The van der Waals surface area contributed by atoms with Gasteiger partial charge in [-0.2, -0.15) is 0 Å². The Balaban J connectivity index is 3.03. The third kappa shape index (κ3) is 3.36. The third-order valence-electron chi connectivity index (χ3n) is 4.71. The molecule has 0 saturated carbocycles. The zero-order valence-corrected chi connectivity index (χ0v) is 13.0. The fraction of sp³-hybridized carbons (Fsp3) is 0.882. The number of allylic oxidation sites excluding steroid dienone is 2. The highest BCUT2D eigenvalue weighted by Crippen LogP contribution is 2.44. The molecule has 0 aliphatic heterocycles. The van der Waals surface area contributed by atoms with Crippen LogP contribution < -0.4 is 0 Å². The molecule has 17 heavy (non-hydrogen) atoms. The van der Waals surface area contributed by atoms with Crippen LogP contribution in [0.2, 0.25) is 0 Å². The Labute approximate surface area is 109 Å². The van der Waals surface area contributed by atoms with E-state index < -0.39 is 0 Å². The first-order valence-corrected chi connectivity index (χ1v) is 7.60. The molecule has 0 radical (unpaired) electrons. The molecule has 0 spiro atoms. The summed E-state index contributed by atoms with van der Waals surface area (Å²) in [6.45, 7) is 16.7. The Bertz CT molecular complexity index is 257. The topological polar surface area (TPSA) is 0 Å². The molecule has 100 valence electrons. The van der Waals surface area contributed by atoms with E-state index in [0.717, 1.165) is 35.5 Å². The van der Waals surface area contributed by atoms with E-state index in [2.05, 4.69) is 54.5 Å². The Kier molecular flexibility index (Phi) is 5.28. The molecule has 0 amide bonds. The van der Waals surface area contributed by atoms with Crippen molar-refractivity contribution in [1.29, 1.82) is 0 Å². The fourth-order valence-electron chi connectivity index (χ4n) is 3.53. The molecule has 0 aromatic heterocycles. The van der Waals surface area contributed by atoms with E-state index in [1.165, 1.54) is 12.8 Å². The highest BCUT2D eigenvalue weighted by Gasteiger charge is 2.34. The molecule has 0 bridgehead atoms. The molecular weight excluding hydrogens is 204 g/mol. The van der Waals surface area contributed by atoms with E-state index in [9.17, 15) is 0 Å². The standard InChI is InChI=1S/C17H32/c1-8-15-16(12(4)5)9-14(11(2)3)10-17(15)13(6)7/h9,11-15,17H,8,10H2,1-7H3. The second-order valence-corrected chi connectivity index (χ2v) is 6.89. The lowest BCUT2D eigenvalue weighted by Crippen LogP contribution is -2.31. The molecule has 0 aromatic rings. The number of hydrogen-bond acceptors (Lipinski definition) is 0. The molecule has 0 N–H and O–H groups in total. The van der Waals surface area contributed by atoms with Crippen LogP contribution in [-0.4, -0.2) is 0 Å². The summed E-state index contributed by atoms with van der Waals surface area (Å²) in [7, 11) is 0. The van der Waals surface area contributed by atoms with Gasteiger partial charge in [-0.25, -0.2) is 0 Å². The van der Waals surface area contributed by atoms with E-state index in [0.29, 0.717) is 0 Å². The van der Waals surface area contributed by atoms with Gasteiger partial charge in [-0.3, -0.25) is 0 Å². The Morgan fingerprint density at radius 2 is 1.65 bits per heavy atom. The maximum absolute atomic E-state index is 2.63. The monoisotopic (exact) mass is 236 g/mol. The fourth-order valence-corrected chi connectivity index (χ4v) is 3.53. The maximum atomic E-state index is 2.63. The molecule has 0 heterocycles. The second-order valence-electron chi connectivity index (χ2n) is 6.89. The number of rotatable bonds is 4. The quantitative estimate of drug-likeness (QED) is 0.562. The minimum Gasteiger partial charge on any atom is -0.0814 e. The minimum absolute atomic E-state index is 0.725. The molecule has 0 saturated heterocycles. The number of hydrogen-bond donors (Lipinski definition) is 0. The molecule has 3 unspecified atom stereocenters. The van der Waals surface area contributed by atoms with Gasteiger partial charge in [-0.1, -0.05) is 60.1 Å². The Hall–Kier alpha value is -0.260. The van der Waals surface area contributed by atoms with Crippen molar-refractivity contribution in [3.8, 4) is 0 Å². The van der Waals surface area contributed by atoms with Gasteiger partial charge >= 0.3 is 0 Å². The van der Waals surface area contributed by atoms with Crippen molar-refractivity contribution < 1.29 is 0 Å². The predicted octanol–water partition coefficient (Wildman–Crippen LogP) is 5.54. The first-order valence-electron chi connectivity index (χ1n) is 7.60. The lowest BCUT2D eigenvalue weighted by atomic mass is 9.64. The normalized spacial score (nSPS) is 30.2. The molecular formula is C17H32. The van der Waals surface area contributed by atoms with Crippen LogP contribution in [0.1, 0.15) is 61.3 Å². The van der Waals surface area contributed by atoms with Gasteiger partial charge in [0.2, 0.25) is 0 Å². The van der Waals surface area contributed by atoms with Gasteiger partial charge in [0.25, 0.3) is 0 Å². The van der Waals surface area contributed by atoms with Crippen LogP contribution in [0.5, 0.6) is 0 Å². The van der Waals surface area contributed by atoms with Crippen molar-refractivity contribution in [3.63, 3.8) is 0 Å². The van der Waals surface area contributed by atoms with Crippen LogP contribution in [-0.2, 0) is 0 Å². The summed E-state index contributed by atoms with van der Waals surface area (Å²) in [4.78, 5) is 0. The molecule has 1 rings (SSSR count). The Morgan fingerprint density at radius 1 is 1.06 bits per heavy atom. The average Bonchev–Trinajstić information content (AvgIpc) is 2.26. The first kappa shape index (κ1) is 14.8. The summed E-state index contributed by atoms with van der Waals surface area (Å²) in [6, 6.07) is 0.